The van der Waals surface area contributed by atoms with Crippen LogP contribution < -0.4 is 10.6 Å². The first kappa shape index (κ1) is 28.7. The Hall–Kier alpha value is -3.37. The van der Waals surface area contributed by atoms with Gasteiger partial charge < -0.3 is 15.2 Å². The molecule has 0 bridgehead atoms. The van der Waals surface area contributed by atoms with Crippen LogP contribution in [0.25, 0.3) is 10.9 Å². The minimum atomic E-state index is -0.0267. The number of benzene rings is 3. The average Bonchev–Trinajstić information content (AvgIpc) is 3.65. The predicted octanol–water partition coefficient (Wildman–Crippen LogP) is 8.44. The molecule has 0 radical (unpaired) electrons. The highest BCUT2D eigenvalue weighted by Gasteiger charge is 2.31. The van der Waals surface area contributed by atoms with E-state index in [1.54, 1.807) is 0 Å². The van der Waals surface area contributed by atoms with Crippen molar-refractivity contribution in [2.24, 2.45) is 5.92 Å². The molecule has 1 aliphatic carbocycles. The van der Waals surface area contributed by atoms with Crippen molar-refractivity contribution in [2.75, 3.05) is 13.1 Å². The van der Waals surface area contributed by atoms with Crippen LogP contribution in [0.1, 0.15) is 104 Å². The fourth-order valence-corrected chi connectivity index (χ4v) is 7.43. The van der Waals surface area contributed by atoms with Gasteiger partial charge >= 0.3 is 0 Å². The highest BCUT2D eigenvalue weighted by molar-refractivity contribution is 6.03. The summed E-state index contributed by atoms with van der Waals surface area (Å²) in [5.74, 6) is 0.870. The Kier molecular flexibility index (Phi) is 9.72. The second-order valence-electron chi connectivity index (χ2n) is 12.6. The van der Waals surface area contributed by atoms with Gasteiger partial charge in [-0.25, -0.2) is 0 Å². The monoisotopic (exact) mass is 561 g/mol. The molecule has 1 saturated carbocycles. The van der Waals surface area contributed by atoms with Gasteiger partial charge in [0, 0.05) is 35.0 Å². The molecule has 2 aliphatic rings. The third-order valence-corrected chi connectivity index (χ3v) is 9.63. The maximum atomic E-state index is 14.6. The first-order valence-electron chi connectivity index (χ1n) is 16.5. The van der Waals surface area contributed by atoms with Gasteiger partial charge in [-0.1, -0.05) is 117 Å². The Morgan fingerprint density at radius 3 is 2.10 bits per heavy atom. The third-order valence-electron chi connectivity index (χ3n) is 9.63. The molecule has 2 heterocycles. The normalized spacial score (nSPS) is 18.3. The molecule has 2 fully saturated rings. The summed E-state index contributed by atoms with van der Waals surface area (Å²) >= 11 is 0. The maximum absolute atomic E-state index is 14.6. The lowest BCUT2D eigenvalue weighted by Gasteiger charge is -2.24. The Morgan fingerprint density at radius 1 is 0.786 bits per heavy atom. The van der Waals surface area contributed by atoms with Gasteiger partial charge in [0.05, 0.1) is 0 Å². The highest BCUT2D eigenvalue weighted by Crippen LogP contribution is 2.40. The Balaban J connectivity index is 1.43. The van der Waals surface area contributed by atoms with Gasteiger partial charge in [-0.3, -0.25) is 4.79 Å². The smallest absolute Gasteiger partial charge is 0.268 e. The van der Waals surface area contributed by atoms with E-state index in [4.69, 9.17) is 0 Å². The van der Waals surface area contributed by atoms with Crippen LogP contribution in [0.15, 0.2) is 84.9 Å². The number of nitrogens with zero attached hydrogens (tertiary/aromatic N) is 1. The SMILES string of the molecule is O=C(NC1CCCCCCC1)c1c(C(c2ccccc2)c2ccccc2)c2ccccc2n1CCCCC1CCNC1. The van der Waals surface area contributed by atoms with E-state index in [1.165, 1.54) is 73.4 Å². The standard InChI is InChI=1S/C38H47N3O/c42-38(40-32-21-10-2-1-3-11-22-32)37-36(35(30-17-6-4-7-18-30)31-19-8-5-9-20-31)33-23-12-13-24-34(33)41(37)27-15-14-16-29-25-26-39-28-29/h4-9,12-13,17-20,23-24,29,32,35,39H,1-3,10-11,14-16,21-22,25-28H2,(H,40,42). The summed E-state index contributed by atoms with van der Waals surface area (Å²) in [4.78, 5) is 14.6. The van der Waals surface area contributed by atoms with Crippen LogP contribution in [-0.4, -0.2) is 29.6 Å². The lowest BCUT2D eigenvalue weighted by molar-refractivity contribution is 0.0920. The van der Waals surface area contributed by atoms with Crippen LogP contribution in [-0.2, 0) is 6.54 Å². The first-order chi connectivity index (χ1) is 20.8. The number of nitrogens with one attached hydrogen (secondary N) is 2. The van der Waals surface area contributed by atoms with E-state index < -0.39 is 0 Å². The molecule has 2 N–H and O–H groups in total. The number of carbonyl (C=O) groups is 1. The Morgan fingerprint density at radius 2 is 1.43 bits per heavy atom. The van der Waals surface area contributed by atoms with Crippen molar-refractivity contribution in [3.8, 4) is 0 Å². The number of aromatic nitrogens is 1. The van der Waals surface area contributed by atoms with Gasteiger partial charge in [0.15, 0.2) is 0 Å². The summed E-state index contributed by atoms with van der Waals surface area (Å²) in [5.41, 5.74) is 5.63. The minimum absolute atomic E-state index is 0.0267. The Labute approximate surface area is 251 Å². The van der Waals surface area contributed by atoms with Crippen LogP contribution >= 0.6 is 0 Å². The summed E-state index contributed by atoms with van der Waals surface area (Å²) in [6, 6.07) is 30.5. The van der Waals surface area contributed by atoms with Gasteiger partial charge in [-0.05, 0) is 68.3 Å². The molecule has 1 atom stereocenters. The zero-order chi connectivity index (χ0) is 28.6. The second kappa shape index (κ2) is 14.2. The van der Waals surface area contributed by atoms with Crippen LogP contribution in [0.4, 0.5) is 0 Å². The van der Waals surface area contributed by atoms with E-state index in [0.717, 1.165) is 56.1 Å². The fourth-order valence-electron chi connectivity index (χ4n) is 7.43. The molecule has 1 saturated heterocycles. The average molecular weight is 562 g/mol. The zero-order valence-electron chi connectivity index (χ0n) is 25.1. The maximum Gasteiger partial charge on any atom is 0.268 e. The van der Waals surface area contributed by atoms with Crippen molar-refractivity contribution in [2.45, 2.75) is 89.1 Å². The number of amides is 1. The van der Waals surface area contributed by atoms with Gasteiger partial charge in [-0.2, -0.15) is 0 Å². The van der Waals surface area contributed by atoms with E-state index in [9.17, 15) is 4.79 Å². The third kappa shape index (κ3) is 6.65. The number of aryl methyl sites for hydroxylation is 1. The van der Waals surface area contributed by atoms with Crippen LogP contribution in [0, 0.1) is 5.92 Å². The number of hydrogen-bond donors (Lipinski definition) is 2. The van der Waals surface area contributed by atoms with Crippen LogP contribution in [0.2, 0.25) is 0 Å². The highest BCUT2D eigenvalue weighted by atomic mass is 16.2. The topological polar surface area (TPSA) is 46.1 Å². The van der Waals surface area contributed by atoms with Gasteiger partial charge in [0.1, 0.15) is 5.69 Å². The number of unbranched alkanes of at least 4 members (excludes halogenated alkanes) is 1. The summed E-state index contributed by atoms with van der Waals surface area (Å²) in [6.45, 7) is 3.17. The molecule has 1 unspecified atom stereocenters. The van der Waals surface area contributed by atoms with Crippen LogP contribution in [0.5, 0.6) is 0 Å². The molecule has 4 heteroatoms. The van der Waals surface area contributed by atoms with E-state index in [2.05, 4.69) is 100 Å². The molecule has 42 heavy (non-hydrogen) atoms. The largest absolute Gasteiger partial charge is 0.348 e. The van der Waals surface area contributed by atoms with Gasteiger partial charge in [0.25, 0.3) is 5.91 Å². The Bertz CT molecular complexity index is 1370. The number of hydrogen-bond acceptors (Lipinski definition) is 2. The van der Waals surface area contributed by atoms with E-state index in [0.29, 0.717) is 0 Å². The van der Waals surface area contributed by atoms with Crippen LogP contribution in [0.3, 0.4) is 0 Å². The van der Waals surface area contributed by atoms with Crippen molar-refractivity contribution in [3.05, 3.63) is 107 Å². The molecule has 1 aliphatic heterocycles. The number of carbonyl (C=O) groups excluding carboxylic acids is 1. The van der Waals surface area contributed by atoms with E-state index in [1.807, 2.05) is 0 Å². The molecule has 6 rings (SSSR count). The zero-order valence-corrected chi connectivity index (χ0v) is 25.1. The molecule has 3 aromatic carbocycles. The summed E-state index contributed by atoms with van der Waals surface area (Å²) in [5, 5.41) is 8.28. The van der Waals surface area contributed by atoms with Crippen molar-refractivity contribution in [1.29, 1.82) is 0 Å². The number of fused-ring (bicyclic) bond motifs is 1. The number of rotatable bonds is 10. The lowest BCUT2D eigenvalue weighted by Crippen LogP contribution is -2.37. The lowest BCUT2D eigenvalue weighted by atomic mass is 9.83. The quantitative estimate of drug-likeness (QED) is 0.191. The molecule has 4 nitrogen and oxygen atoms in total. The van der Waals surface area contributed by atoms with Gasteiger partial charge in [-0.15, -0.1) is 0 Å². The summed E-state index contributed by atoms with van der Waals surface area (Å²) in [7, 11) is 0. The second-order valence-corrected chi connectivity index (χ2v) is 12.6. The van der Waals surface area contributed by atoms with Crippen molar-refractivity contribution in [3.63, 3.8) is 0 Å². The summed E-state index contributed by atoms with van der Waals surface area (Å²) < 4.78 is 2.37. The molecule has 0 spiro atoms. The first-order valence-corrected chi connectivity index (χ1v) is 16.5. The fraction of sp³-hybridized carbons (Fsp3) is 0.447. The van der Waals surface area contributed by atoms with Crippen molar-refractivity contribution in [1.82, 2.24) is 15.2 Å². The summed E-state index contributed by atoms with van der Waals surface area (Å²) in [6.07, 6.45) is 13.3. The van der Waals surface area contributed by atoms with E-state index in [-0.39, 0.29) is 17.9 Å². The predicted molar refractivity (Wildman–Crippen MR) is 174 cm³/mol. The molecular formula is C38H47N3O. The molecule has 4 aromatic rings. The molecule has 1 amide bonds. The van der Waals surface area contributed by atoms with E-state index >= 15 is 0 Å². The minimum Gasteiger partial charge on any atom is -0.348 e. The van der Waals surface area contributed by atoms with Crippen molar-refractivity contribution < 1.29 is 4.79 Å². The van der Waals surface area contributed by atoms with Crippen molar-refractivity contribution >= 4 is 16.8 Å². The molecule has 1 aromatic heterocycles. The number of para-hydroxylation sites is 1. The van der Waals surface area contributed by atoms with Gasteiger partial charge in [0.2, 0.25) is 0 Å². The molecule has 220 valence electrons. The molecular weight excluding hydrogens is 514 g/mol.